The Morgan fingerprint density at radius 2 is 2.00 bits per heavy atom. The highest BCUT2D eigenvalue weighted by atomic mass is 16.6. The Morgan fingerprint density at radius 3 is 2.67 bits per heavy atom. The maximum absolute atomic E-state index is 11.6. The highest BCUT2D eigenvalue weighted by Crippen LogP contribution is 2.18. The van der Waals surface area contributed by atoms with Gasteiger partial charge in [0.05, 0.1) is 10.3 Å². The number of nitro benzene ring substituents is 1. The first-order chi connectivity index (χ1) is 7.09. The van der Waals surface area contributed by atoms with Crippen LogP contribution in [0.25, 0.3) is 10.9 Å². The van der Waals surface area contributed by atoms with Gasteiger partial charge in [-0.25, -0.2) is 0 Å². The zero-order valence-corrected chi connectivity index (χ0v) is 8.01. The number of nitro groups is 1. The molecule has 0 aliphatic carbocycles. The number of nitrogens with zero attached hydrogens (tertiary/aromatic N) is 2. The molecule has 0 aliphatic heterocycles. The van der Waals surface area contributed by atoms with E-state index in [2.05, 4.69) is 0 Å². The Balaban J connectivity index is 2.75. The molecule has 0 saturated carbocycles. The molecule has 1 aromatic heterocycles. The number of hydrogen-bond acceptors (Lipinski definition) is 3. The number of pyridine rings is 1. The van der Waals surface area contributed by atoms with Crippen LogP contribution in [-0.2, 0) is 0 Å². The molecule has 5 nitrogen and oxygen atoms in total. The van der Waals surface area contributed by atoms with Crippen molar-refractivity contribution in [3.05, 3.63) is 51.3 Å². The fourth-order valence-corrected chi connectivity index (χ4v) is 1.44. The Labute approximate surface area is 85.3 Å². The van der Waals surface area contributed by atoms with Gasteiger partial charge in [-0.15, -0.1) is 0 Å². The third-order valence-corrected chi connectivity index (χ3v) is 2.27. The molecule has 1 aromatic carbocycles. The maximum Gasteiger partial charge on any atom is 0.270 e. The highest BCUT2D eigenvalue weighted by Gasteiger charge is 2.11. The van der Waals surface area contributed by atoms with Gasteiger partial charge in [0.2, 0.25) is 5.52 Å². The second-order valence-electron chi connectivity index (χ2n) is 3.27. The molecule has 0 radical (unpaired) electrons. The molecule has 0 amide bonds. The van der Waals surface area contributed by atoms with Crippen molar-refractivity contribution in [1.82, 2.24) is 0 Å². The van der Waals surface area contributed by atoms with E-state index >= 15 is 0 Å². The molecule has 0 aliphatic rings. The van der Waals surface area contributed by atoms with Gasteiger partial charge in [0, 0.05) is 31.2 Å². The van der Waals surface area contributed by atoms with Gasteiger partial charge < -0.3 is 5.21 Å². The molecule has 0 atom stereocenters. The summed E-state index contributed by atoms with van der Waals surface area (Å²) in [5, 5.41) is 22.6. The van der Waals surface area contributed by atoms with Crippen molar-refractivity contribution in [3.63, 3.8) is 0 Å². The Bertz CT molecular complexity index is 552. The molecule has 15 heavy (non-hydrogen) atoms. The zero-order valence-electron chi connectivity index (χ0n) is 8.01. The highest BCUT2D eigenvalue weighted by molar-refractivity contribution is 5.78. The lowest BCUT2D eigenvalue weighted by atomic mass is 10.2. The molecule has 76 valence electrons. The largest absolute Gasteiger partial charge is 0.618 e. The Morgan fingerprint density at radius 1 is 1.27 bits per heavy atom. The average molecular weight is 204 g/mol. The van der Waals surface area contributed by atoms with Crippen molar-refractivity contribution >= 4 is 16.6 Å². The molecule has 0 unspecified atom stereocenters. The standard InChI is InChI=1S/C10H8N2O3/c1-7-2-3-8-6-9(12(14)15)4-5-10(8)11(7)13/h2-6H,1H3. The first-order valence-corrected chi connectivity index (χ1v) is 4.37. The lowest BCUT2D eigenvalue weighted by Gasteiger charge is -2.03. The van der Waals surface area contributed by atoms with Crippen LogP contribution < -0.4 is 4.73 Å². The third-order valence-electron chi connectivity index (χ3n) is 2.27. The molecule has 5 heteroatoms. The van der Waals surface area contributed by atoms with Gasteiger partial charge in [0.1, 0.15) is 0 Å². The maximum atomic E-state index is 11.6. The van der Waals surface area contributed by atoms with Crippen LogP contribution in [0, 0.1) is 22.2 Å². The first-order valence-electron chi connectivity index (χ1n) is 4.37. The van der Waals surface area contributed by atoms with Gasteiger partial charge in [-0.2, -0.15) is 4.73 Å². The molecule has 0 fully saturated rings. The van der Waals surface area contributed by atoms with Crippen molar-refractivity contribution < 1.29 is 9.65 Å². The summed E-state index contributed by atoms with van der Waals surface area (Å²) < 4.78 is 0.763. The SMILES string of the molecule is Cc1ccc2cc([N+](=O)[O-])ccc2[n+]1[O-]. The zero-order chi connectivity index (χ0) is 11.0. The molecule has 1 heterocycles. The van der Waals surface area contributed by atoms with E-state index in [-0.39, 0.29) is 5.69 Å². The normalized spacial score (nSPS) is 10.5. The van der Waals surface area contributed by atoms with Crippen LogP contribution >= 0.6 is 0 Å². The van der Waals surface area contributed by atoms with Gasteiger partial charge in [-0.1, -0.05) is 0 Å². The van der Waals surface area contributed by atoms with Gasteiger partial charge in [0.15, 0.2) is 5.69 Å². The van der Waals surface area contributed by atoms with Gasteiger partial charge in [-0.05, 0) is 6.07 Å². The smallest absolute Gasteiger partial charge is 0.270 e. The van der Waals surface area contributed by atoms with E-state index in [1.165, 1.54) is 18.2 Å². The van der Waals surface area contributed by atoms with Crippen LogP contribution in [0.4, 0.5) is 5.69 Å². The number of aryl methyl sites for hydroxylation is 1. The molecule has 2 rings (SSSR count). The van der Waals surface area contributed by atoms with Crippen LogP contribution in [0.15, 0.2) is 30.3 Å². The van der Waals surface area contributed by atoms with Crippen LogP contribution in [0.1, 0.15) is 5.69 Å². The fourth-order valence-electron chi connectivity index (χ4n) is 1.44. The number of hydrogen-bond donors (Lipinski definition) is 0. The van der Waals surface area contributed by atoms with E-state index in [1.54, 1.807) is 19.1 Å². The van der Waals surface area contributed by atoms with E-state index in [0.29, 0.717) is 16.6 Å². The number of non-ortho nitro benzene ring substituents is 1. The second-order valence-corrected chi connectivity index (χ2v) is 3.27. The van der Waals surface area contributed by atoms with Crippen LogP contribution in [0.2, 0.25) is 0 Å². The van der Waals surface area contributed by atoms with Gasteiger partial charge >= 0.3 is 0 Å². The van der Waals surface area contributed by atoms with E-state index in [9.17, 15) is 15.3 Å². The summed E-state index contributed by atoms with van der Waals surface area (Å²) in [6.45, 7) is 1.69. The van der Waals surface area contributed by atoms with Gasteiger partial charge in [-0.3, -0.25) is 10.1 Å². The van der Waals surface area contributed by atoms with Gasteiger partial charge in [0.25, 0.3) is 5.69 Å². The summed E-state index contributed by atoms with van der Waals surface area (Å²) in [5.41, 5.74) is 1.00. The Kier molecular flexibility index (Phi) is 2.00. The average Bonchev–Trinajstić information content (AvgIpc) is 2.23. The molecule has 0 bridgehead atoms. The van der Waals surface area contributed by atoms with Crippen molar-refractivity contribution in [1.29, 1.82) is 0 Å². The summed E-state index contributed by atoms with van der Waals surface area (Å²) in [5.74, 6) is 0. The van der Waals surface area contributed by atoms with E-state index < -0.39 is 4.92 Å². The van der Waals surface area contributed by atoms with Crippen molar-refractivity contribution in [3.8, 4) is 0 Å². The predicted molar refractivity (Wildman–Crippen MR) is 54.3 cm³/mol. The number of fused-ring (bicyclic) bond motifs is 1. The minimum Gasteiger partial charge on any atom is -0.618 e. The van der Waals surface area contributed by atoms with Crippen molar-refractivity contribution in [2.45, 2.75) is 6.92 Å². The number of benzene rings is 1. The summed E-state index contributed by atoms with van der Waals surface area (Å²) >= 11 is 0. The molecule has 0 saturated heterocycles. The van der Waals surface area contributed by atoms with E-state index in [1.807, 2.05) is 0 Å². The van der Waals surface area contributed by atoms with Crippen LogP contribution in [-0.4, -0.2) is 4.92 Å². The minimum absolute atomic E-state index is 0.00801. The topological polar surface area (TPSA) is 70.1 Å². The number of aromatic nitrogens is 1. The Hall–Kier alpha value is -2.17. The predicted octanol–water partition coefficient (Wildman–Crippen LogP) is 1.69. The lowest BCUT2D eigenvalue weighted by Crippen LogP contribution is -2.30. The van der Waals surface area contributed by atoms with Crippen molar-refractivity contribution in [2.24, 2.45) is 0 Å². The molecular formula is C10H8N2O3. The quantitative estimate of drug-likeness (QED) is 0.307. The van der Waals surface area contributed by atoms with Crippen LogP contribution in [0.5, 0.6) is 0 Å². The monoisotopic (exact) mass is 204 g/mol. The van der Waals surface area contributed by atoms with E-state index in [4.69, 9.17) is 0 Å². The number of rotatable bonds is 1. The first kappa shape index (κ1) is 9.39. The fraction of sp³-hybridized carbons (Fsp3) is 0.100. The molecule has 2 aromatic rings. The van der Waals surface area contributed by atoms with E-state index in [0.717, 1.165) is 4.73 Å². The minimum atomic E-state index is -0.478. The molecule has 0 spiro atoms. The summed E-state index contributed by atoms with van der Waals surface area (Å²) in [6.07, 6.45) is 0. The molecule has 0 N–H and O–H groups in total. The van der Waals surface area contributed by atoms with Crippen molar-refractivity contribution in [2.75, 3.05) is 0 Å². The summed E-state index contributed by atoms with van der Waals surface area (Å²) in [7, 11) is 0. The summed E-state index contributed by atoms with van der Waals surface area (Å²) in [6, 6.07) is 7.53. The summed E-state index contributed by atoms with van der Waals surface area (Å²) in [4.78, 5) is 10.0. The third kappa shape index (κ3) is 1.48. The molecular weight excluding hydrogens is 196 g/mol. The van der Waals surface area contributed by atoms with Crippen LogP contribution in [0.3, 0.4) is 0 Å². The lowest BCUT2D eigenvalue weighted by molar-refractivity contribution is -0.584. The second kappa shape index (κ2) is 3.20.